The highest BCUT2D eigenvalue weighted by Crippen LogP contribution is 2.18. The number of carbonyl (C=O) groups excluding carboxylic acids is 1. The van der Waals surface area contributed by atoms with Gasteiger partial charge in [0.2, 0.25) is 0 Å². The first kappa shape index (κ1) is 14.5. The van der Waals surface area contributed by atoms with E-state index in [0.717, 1.165) is 25.9 Å². The smallest absolute Gasteiger partial charge is 0.320 e. The minimum Gasteiger partial charge on any atom is -0.399 e. The number of piperidine rings is 1. The summed E-state index contributed by atoms with van der Waals surface area (Å²) >= 11 is 0. The van der Waals surface area contributed by atoms with Crippen molar-refractivity contribution in [3.8, 4) is 0 Å². The predicted octanol–water partition coefficient (Wildman–Crippen LogP) is 1.43. The van der Waals surface area contributed by atoms with Crippen LogP contribution in [0, 0.1) is 5.82 Å². The normalized spacial score (nSPS) is 15.5. The molecule has 2 aromatic rings. The number of nitrogens with zero attached hydrogens (tertiary/aromatic N) is 2. The van der Waals surface area contributed by atoms with Crippen molar-refractivity contribution in [2.45, 2.75) is 18.9 Å². The second-order valence-electron chi connectivity index (χ2n) is 5.01. The fourth-order valence-corrected chi connectivity index (χ4v) is 2.26. The standard InChI is InChI=1S/C14H16FN5O2/c15-10-3-1-2-4-11(10)18-14-20-19-13(22-14)12(21)17-9-5-7-16-8-6-9/h1-4,9,16H,5-8H2,(H,17,21)(H,18,20). The van der Waals surface area contributed by atoms with Gasteiger partial charge in [-0.2, -0.15) is 0 Å². The van der Waals surface area contributed by atoms with E-state index in [4.69, 9.17) is 4.42 Å². The molecule has 22 heavy (non-hydrogen) atoms. The minimum absolute atomic E-state index is 0.0273. The van der Waals surface area contributed by atoms with E-state index >= 15 is 0 Å². The van der Waals surface area contributed by atoms with Gasteiger partial charge in [0.25, 0.3) is 0 Å². The van der Waals surface area contributed by atoms with Crippen LogP contribution in [0.2, 0.25) is 0 Å². The largest absolute Gasteiger partial charge is 0.399 e. The van der Waals surface area contributed by atoms with Crippen LogP contribution < -0.4 is 16.0 Å². The molecule has 3 rings (SSSR count). The summed E-state index contributed by atoms with van der Waals surface area (Å²) in [5.41, 5.74) is 0.205. The molecule has 1 aromatic carbocycles. The molecule has 1 fully saturated rings. The van der Waals surface area contributed by atoms with E-state index in [2.05, 4.69) is 26.1 Å². The molecule has 8 heteroatoms. The topological polar surface area (TPSA) is 92.1 Å². The number of amides is 1. The minimum atomic E-state index is -0.443. The van der Waals surface area contributed by atoms with Gasteiger partial charge in [-0.25, -0.2) is 4.39 Å². The van der Waals surface area contributed by atoms with Crippen molar-refractivity contribution in [3.63, 3.8) is 0 Å². The Labute approximate surface area is 126 Å². The van der Waals surface area contributed by atoms with Gasteiger partial charge >= 0.3 is 17.8 Å². The Morgan fingerprint density at radius 2 is 2.05 bits per heavy atom. The van der Waals surface area contributed by atoms with Crippen LogP contribution in [0.1, 0.15) is 23.5 Å². The maximum Gasteiger partial charge on any atom is 0.320 e. The van der Waals surface area contributed by atoms with E-state index < -0.39 is 11.7 Å². The van der Waals surface area contributed by atoms with E-state index in [1.54, 1.807) is 12.1 Å². The van der Waals surface area contributed by atoms with Crippen LogP contribution >= 0.6 is 0 Å². The Kier molecular flexibility index (Phi) is 4.29. The molecule has 1 amide bonds. The molecule has 0 unspecified atom stereocenters. The number of halogens is 1. The molecule has 7 nitrogen and oxygen atoms in total. The van der Waals surface area contributed by atoms with Crippen LogP contribution in [-0.4, -0.2) is 35.2 Å². The first-order valence-corrected chi connectivity index (χ1v) is 7.09. The van der Waals surface area contributed by atoms with Gasteiger partial charge in [0.15, 0.2) is 0 Å². The summed E-state index contributed by atoms with van der Waals surface area (Å²) in [6.45, 7) is 1.74. The zero-order valence-electron chi connectivity index (χ0n) is 11.8. The zero-order valence-corrected chi connectivity index (χ0v) is 11.8. The van der Waals surface area contributed by atoms with E-state index in [0.29, 0.717) is 0 Å². The second kappa shape index (κ2) is 6.52. The van der Waals surface area contributed by atoms with Crippen molar-refractivity contribution in [3.05, 3.63) is 36.0 Å². The SMILES string of the molecule is O=C(NC1CCNCC1)c1nnc(Nc2ccccc2F)o1. The summed E-state index contributed by atoms with van der Waals surface area (Å²) in [6, 6.07) is 6.17. The number of hydrogen-bond acceptors (Lipinski definition) is 6. The Morgan fingerprint density at radius 1 is 1.27 bits per heavy atom. The highest BCUT2D eigenvalue weighted by molar-refractivity contribution is 5.89. The van der Waals surface area contributed by atoms with Crippen molar-refractivity contribution in [1.29, 1.82) is 0 Å². The van der Waals surface area contributed by atoms with E-state index in [-0.39, 0.29) is 23.6 Å². The highest BCUT2D eigenvalue weighted by atomic mass is 19.1. The molecule has 1 aliphatic rings. The third-order valence-corrected chi connectivity index (χ3v) is 3.41. The molecule has 1 aromatic heterocycles. The second-order valence-corrected chi connectivity index (χ2v) is 5.01. The van der Waals surface area contributed by atoms with Gasteiger partial charge in [-0.15, -0.1) is 5.10 Å². The van der Waals surface area contributed by atoms with Gasteiger partial charge < -0.3 is 20.4 Å². The number of aromatic nitrogens is 2. The van der Waals surface area contributed by atoms with Crippen LogP contribution in [-0.2, 0) is 0 Å². The highest BCUT2D eigenvalue weighted by Gasteiger charge is 2.20. The van der Waals surface area contributed by atoms with Crippen LogP contribution in [0.5, 0.6) is 0 Å². The third kappa shape index (κ3) is 3.40. The van der Waals surface area contributed by atoms with Crippen LogP contribution in [0.3, 0.4) is 0 Å². The van der Waals surface area contributed by atoms with Crippen molar-refractivity contribution in [2.75, 3.05) is 18.4 Å². The molecule has 116 valence electrons. The third-order valence-electron chi connectivity index (χ3n) is 3.41. The number of benzene rings is 1. The van der Waals surface area contributed by atoms with Gasteiger partial charge in [0.05, 0.1) is 5.69 Å². The van der Waals surface area contributed by atoms with Gasteiger partial charge in [0, 0.05) is 6.04 Å². The fourth-order valence-electron chi connectivity index (χ4n) is 2.26. The van der Waals surface area contributed by atoms with Gasteiger partial charge in [-0.3, -0.25) is 4.79 Å². The molecular weight excluding hydrogens is 289 g/mol. The van der Waals surface area contributed by atoms with E-state index in [9.17, 15) is 9.18 Å². The number of hydrogen-bond donors (Lipinski definition) is 3. The van der Waals surface area contributed by atoms with Crippen molar-refractivity contribution < 1.29 is 13.6 Å². The molecule has 0 bridgehead atoms. The molecule has 3 N–H and O–H groups in total. The average Bonchev–Trinajstić information content (AvgIpc) is 2.99. The predicted molar refractivity (Wildman–Crippen MR) is 77.3 cm³/mol. The summed E-state index contributed by atoms with van der Waals surface area (Å²) in [7, 11) is 0. The number of para-hydroxylation sites is 1. The number of rotatable bonds is 4. The summed E-state index contributed by atoms with van der Waals surface area (Å²) in [5.74, 6) is -1.00. The molecule has 1 aliphatic heterocycles. The van der Waals surface area contributed by atoms with Crippen LogP contribution in [0.4, 0.5) is 16.1 Å². The Hall–Kier alpha value is -2.48. The lowest BCUT2D eigenvalue weighted by atomic mass is 10.1. The summed E-state index contributed by atoms with van der Waals surface area (Å²) in [4.78, 5) is 12.0. The lowest BCUT2D eigenvalue weighted by Gasteiger charge is -2.22. The summed E-state index contributed by atoms with van der Waals surface area (Å²) in [5, 5.41) is 16.1. The van der Waals surface area contributed by atoms with Crippen LogP contribution in [0.15, 0.2) is 28.7 Å². The molecule has 1 saturated heterocycles. The molecule has 0 atom stereocenters. The van der Waals surface area contributed by atoms with Gasteiger partial charge in [-0.1, -0.05) is 17.2 Å². The molecule has 0 saturated carbocycles. The van der Waals surface area contributed by atoms with Gasteiger partial charge in [-0.05, 0) is 38.1 Å². The first-order chi connectivity index (χ1) is 10.7. The summed E-state index contributed by atoms with van der Waals surface area (Å²) < 4.78 is 18.7. The summed E-state index contributed by atoms with van der Waals surface area (Å²) in [6.07, 6.45) is 1.72. The quantitative estimate of drug-likeness (QED) is 0.791. The van der Waals surface area contributed by atoms with Crippen molar-refractivity contribution >= 4 is 17.6 Å². The first-order valence-electron chi connectivity index (χ1n) is 7.09. The van der Waals surface area contributed by atoms with E-state index in [1.165, 1.54) is 12.1 Å². The maximum absolute atomic E-state index is 13.5. The Bertz CT molecular complexity index is 654. The van der Waals surface area contributed by atoms with Crippen LogP contribution in [0.25, 0.3) is 0 Å². The maximum atomic E-state index is 13.5. The van der Waals surface area contributed by atoms with E-state index in [1.807, 2.05) is 0 Å². The lowest BCUT2D eigenvalue weighted by Crippen LogP contribution is -2.42. The molecule has 0 radical (unpaired) electrons. The Balaban J connectivity index is 1.63. The van der Waals surface area contributed by atoms with Crippen molar-refractivity contribution in [1.82, 2.24) is 20.8 Å². The fraction of sp³-hybridized carbons (Fsp3) is 0.357. The molecule has 0 spiro atoms. The average molecular weight is 305 g/mol. The number of anilines is 2. The zero-order chi connectivity index (χ0) is 15.4. The molecule has 0 aliphatic carbocycles. The number of nitrogens with one attached hydrogen (secondary N) is 3. The molecular formula is C14H16FN5O2. The molecule has 2 heterocycles. The van der Waals surface area contributed by atoms with Gasteiger partial charge in [0.1, 0.15) is 5.82 Å². The lowest BCUT2D eigenvalue weighted by molar-refractivity contribution is 0.0895. The Morgan fingerprint density at radius 3 is 2.82 bits per heavy atom. The monoisotopic (exact) mass is 305 g/mol. The van der Waals surface area contributed by atoms with Crippen molar-refractivity contribution in [2.24, 2.45) is 0 Å². The number of carbonyl (C=O) groups is 1.